The molecule has 1 aromatic carbocycles. The fourth-order valence-electron chi connectivity index (χ4n) is 2.50. The Hall–Kier alpha value is -1.94. The number of aryl methyl sites for hydroxylation is 1. The number of urea groups is 1. The lowest BCUT2D eigenvalue weighted by Crippen LogP contribution is -2.34. The maximum Gasteiger partial charge on any atom is 0.319 e. The van der Waals surface area contributed by atoms with Crippen molar-refractivity contribution in [3.05, 3.63) is 52.9 Å². The average Bonchev–Trinajstić information content (AvgIpc) is 2.91. The van der Waals surface area contributed by atoms with Crippen LogP contribution < -0.4 is 10.6 Å². The number of furan rings is 1. The highest BCUT2D eigenvalue weighted by molar-refractivity contribution is 6.30. The molecule has 104 valence electrons. The summed E-state index contributed by atoms with van der Waals surface area (Å²) < 4.78 is 5.41. The topological polar surface area (TPSA) is 54.3 Å². The molecule has 4 nitrogen and oxygen atoms in total. The van der Waals surface area contributed by atoms with Crippen LogP contribution in [-0.4, -0.2) is 6.03 Å². The first-order valence-corrected chi connectivity index (χ1v) is 6.99. The van der Waals surface area contributed by atoms with Crippen LogP contribution in [0.3, 0.4) is 0 Å². The lowest BCUT2D eigenvalue weighted by molar-refractivity contribution is 0.246. The van der Waals surface area contributed by atoms with E-state index in [0.717, 1.165) is 36.3 Å². The molecule has 0 saturated carbocycles. The Balaban J connectivity index is 1.64. The Kier molecular flexibility index (Phi) is 3.65. The number of hydrogen-bond donors (Lipinski definition) is 2. The largest absolute Gasteiger partial charge is 0.469 e. The van der Waals surface area contributed by atoms with Crippen LogP contribution in [0.25, 0.3) is 0 Å². The highest BCUT2D eigenvalue weighted by atomic mass is 35.5. The summed E-state index contributed by atoms with van der Waals surface area (Å²) >= 11 is 5.81. The van der Waals surface area contributed by atoms with Gasteiger partial charge in [-0.3, -0.25) is 0 Å². The van der Waals surface area contributed by atoms with E-state index in [-0.39, 0.29) is 12.1 Å². The van der Waals surface area contributed by atoms with Crippen molar-refractivity contribution in [3.63, 3.8) is 0 Å². The van der Waals surface area contributed by atoms with Gasteiger partial charge in [0.2, 0.25) is 0 Å². The molecule has 0 aliphatic heterocycles. The van der Waals surface area contributed by atoms with Gasteiger partial charge in [0.25, 0.3) is 0 Å². The molecule has 1 aliphatic carbocycles. The third kappa shape index (κ3) is 2.80. The summed E-state index contributed by atoms with van der Waals surface area (Å²) in [7, 11) is 0. The van der Waals surface area contributed by atoms with E-state index in [2.05, 4.69) is 10.6 Å². The molecule has 2 aromatic rings. The van der Waals surface area contributed by atoms with E-state index in [1.807, 2.05) is 6.07 Å². The van der Waals surface area contributed by atoms with Gasteiger partial charge in [-0.15, -0.1) is 0 Å². The summed E-state index contributed by atoms with van der Waals surface area (Å²) in [5, 5.41) is 6.43. The number of nitrogens with one attached hydrogen (secondary N) is 2. The van der Waals surface area contributed by atoms with Crippen LogP contribution in [0.2, 0.25) is 5.02 Å². The quantitative estimate of drug-likeness (QED) is 0.873. The third-order valence-corrected chi connectivity index (χ3v) is 3.71. The molecule has 0 saturated heterocycles. The zero-order valence-electron chi connectivity index (χ0n) is 10.9. The molecule has 0 unspecified atom stereocenters. The van der Waals surface area contributed by atoms with E-state index >= 15 is 0 Å². The highest BCUT2D eigenvalue weighted by Crippen LogP contribution is 2.30. The van der Waals surface area contributed by atoms with Crippen molar-refractivity contribution in [3.8, 4) is 0 Å². The molecule has 1 aromatic heterocycles. The number of fused-ring (bicyclic) bond motifs is 1. The first kappa shape index (κ1) is 13.1. The van der Waals surface area contributed by atoms with Gasteiger partial charge in [-0.25, -0.2) is 4.79 Å². The van der Waals surface area contributed by atoms with Crippen LogP contribution in [0.1, 0.15) is 30.2 Å². The first-order valence-electron chi connectivity index (χ1n) is 6.62. The van der Waals surface area contributed by atoms with E-state index in [9.17, 15) is 4.79 Å². The zero-order valence-corrected chi connectivity index (χ0v) is 11.6. The molecule has 2 N–H and O–H groups in total. The standard InChI is InChI=1S/C15H15ClN2O2/c16-10-4-6-11(7-5-10)17-15(19)18-13-2-1-3-14-12(13)8-9-20-14/h4-9,13H,1-3H2,(H2,17,18,19)/t13-/m0/s1. The second-order valence-electron chi connectivity index (χ2n) is 4.85. The minimum Gasteiger partial charge on any atom is -0.469 e. The maximum atomic E-state index is 12.0. The smallest absolute Gasteiger partial charge is 0.319 e. The summed E-state index contributed by atoms with van der Waals surface area (Å²) in [5.74, 6) is 0.980. The third-order valence-electron chi connectivity index (χ3n) is 3.46. The number of amides is 2. The molecule has 20 heavy (non-hydrogen) atoms. The number of rotatable bonds is 2. The van der Waals surface area contributed by atoms with Crippen molar-refractivity contribution < 1.29 is 9.21 Å². The number of carbonyl (C=O) groups is 1. The number of benzene rings is 1. The van der Waals surface area contributed by atoms with Gasteiger partial charge < -0.3 is 15.1 Å². The minimum absolute atomic E-state index is 0.0183. The summed E-state index contributed by atoms with van der Waals surface area (Å²) in [6.45, 7) is 0. The molecule has 5 heteroatoms. The summed E-state index contributed by atoms with van der Waals surface area (Å²) in [6, 6.07) is 8.76. The number of carbonyl (C=O) groups excluding carboxylic acids is 1. The zero-order chi connectivity index (χ0) is 13.9. The maximum absolute atomic E-state index is 12.0. The van der Waals surface area contributed by atoms with Crippen LogP contribution in [0.5, 0.6) is 0 Å². The Morgan fingerprint density at radius 1 is 1.25 bits per heavy atom. The molecule has 2 amide bonds. The van der Waals surface area contributed by atoms with E-state index in [4.69, 9.17) is 16.0 Å². The monoisotopic (exact) mass is 290 g/mol. The second kappa shape index (κ2) is 5.59. The molecular weight excluding hydrogens is 276 g/mol. The molecule has 0 fully saturated rings. The lowest BCUT2D eigenvalue weighted by atomic mass is 9.93. The van der Waals surface area contributed by atoms with Crippen LogP contribution in [0, 0.1) is 0 Å². The minimum atomic E-state index is -0.216. The molecule has 3 rings (SSSR count). The lowest BCUT2D eigenvalue weighted by Gasteiger charge is -2.22. The molecule has 0 spiro atoms. The molecule has 1 atom stereocenters. The Labute approximate surface area is 122 Å². The van der Waals surface area contributed by atoms with Crippen LogP contribution in [0.15, 0.2) is 41.0 Å². The van der Waals surface area contributed by atoms with Crippen molar-refractivity contribution >= 4 is 23.3 Å². The Morgan fingerprint density at radius 2 is 2.05 bits per heavy atom. The van der Waals surface area contributed by atoms with Gasteiger partial charge in [-0.1, -0.05) is 11.6 Å². The summed E-state index contributed by atoms with van der Waals surface area (Å²) in [4.78, 5) is 12.0. The Bertz CT molecular complexity index is 607. The molecule has 1 aliphatic rings. The van der Waals surface area contributed by atoms with E-state index in [1.165, 1.54) is 0 Å². The normalized spacial score (nSPS) is 17.4. The Morgan fingerprint density at radius 3 is 2.85 bits per heavy atom. The van der Waals surface area contributed by atoms with E-state index < -0.39 is 0 Å². The van der Waals surface area contributed by atoms with Gasteiger partial charge in [0.05, 0.1) is 12.3 Å². The summed E-state index contributed by atoms with van der Waals surface area (Å²) in [6.07, 6.45) is 4.58. The van der Waals surface area contributed by atoms with Crippen molar-refractivity contribution in [1.82, 2.24) is 5.32 Å². The predicted molar refractivity (Wildman–Crippen MR) is 78.0 cm³/mol. The molecule has 1 heterocycles. The van der Waals surface area contributed by atoms with Crippen molar-refractivity contribution in [2.45, 2.75) is 25.3 Å². The van der Waals surface area contributed by atoms with Crippen LogP contribution >= 0.6 is 11.6 Å². The van der Waals surface area contributed by atoms with Gasteiger partial charge >= 0.3 is 6.03 Å². The highest BCUT2D eigenvalue weighted by Gasteiger charge is 2.23. The summed E-state index contributed by atoms with van der Waals surface area (Å²) in [5.41, 5.74) is 1.80. The van der Waals surface area contributed by atoms with Crippen LogP contribution in [0.4, 0.5) is 10.5 Å². The number of hydrogen-bond acceptors (Lipinski definition) is 2. The van der Waals surface area contributed by atoms with Gasteiger partial charge in [0.1, 0.15) is 5.76 Å². The van der Waals surface area contributed by atoms with Crippen LogP contribution in [-0.2, 0) is 6.42 Å². The SMILES string of the molecule is O=C(Nc1ccc(Cl)cc1)N[C@H]1CCCc2occc21. The first-order chi connectivity index (χ1) is 9.72. The molecular formula is C15H15ClN2O2. The fraction of sp³-hybridized carbons (Fsp3) is 0.267. The van der Waals surface area contributed by atoms with Crippen molar-refractivity contribution in [2.75, 3.05) is 5.32 Å². The van der Waals surface area contributed by atoms with E-state index in [0.29, 0.717) is 5.02 Å². The second-order valence-corrected chi connectivity index (χ2v) is 5.29. The van der Waals surface area contributed by atoms with Gasteiger partial charge in [-0.05, 0) is 43.2 Å². The van der Waals surface area contributed by atoms with Gasteiger partial charge in [0, 0.05) is 22.7 Å². The number of halogens is 1. The molecule has 0 radical (unpaired) electrons. The van der Waals surface area contributed by atoms with Crippen molar-refractivity contribution in [2.24, 2.45) is 0 Å². The molecule has 0 bridgehead atoms. The van der Waals surface area contributed by atoms with Gasteiger partial charge in [-0.2, -0.15) is 0 Å². The van der Waals surface area contributed by atoms with Gasteiger partial charge in [0.15, 0.2) is 0 Å². The predicted octanol–water partition coefficient (Wildman–Crippen LogP) is 4.13. The fourth-order valence-corrected chi connectivity index (χ4v) is 2.62. The van der Waals surface area contributed by atoms with Crippen molar-refractivity contribution in [1.29, 1.82) is 0 Å². The van der Waals surface area contributed by atoms with E-state index in [1.54, 1.807) is 30.5 Å². The number of anilines is 1. The average molecular weight is 291 g/mol.